The van der Waals surface area contributed by atoms with Gasteiger partial charge in [0.2, 0.25) is 0 Å². The third kappa shape index (κ3) is 2.39. The minimum Gasteiger partial charge on any atom is -0.357 e. The van der Waals surface area contributed by atoms with Gasteiger partial charge in [-0.1, -0.05) is 24.3 Å². The number of carbonyl (C=O) groups excluding carboxylic acids is 4. The number of aromatic amines is 1. The van der Waals surface area contributed by atoms with Crippen LogP contribution in [0.25, 0.3) is 5.57 Å². The molecular weight excluding hydrogens is 336 g/mol. The summed E-state index contributed by atoms with van der Waals surface area (Å²) in [5.41, 5.74) is 1.49. The largest absolute Gasteiger partial charge is 0.357 e. The normalized spacial score (nSPS) is 19.4. The van der Waals surface area contributed by atoms with Crippen LogP contribution in [0.5, 0.6) is 0 Å². The number of imide groups is 2. The first-order valence-electron chi connectivity index (χ1n) is 7.97. The molecule has 3 N–H and O–H groups in total. The Morgan fingerprint density at radius 3 is 2.62 bits per heavy atom. The molecule has 0 spiro atoms. The summed E-state index contributed by atoms with van der Waals surface area (Å²) < 4.78 is 0. The van der Waals surface area contributed by atoms with E-state index in [4.69, 9.17) is 0 Å². The maximum absolute atomic E-state index is 12.9. The lowest BCUT2D eigenvalue weighted by Crippen LogP contribution is -2.41. The van der Waals surface area contributed by atoms with Crippen molar-refractivity contribution >= 4 is 29.3 Å². The smallest absolute Gasteiger partial charge is 0.332 e. The maximum Gasteiger partial charge on any atom is 0.332 e. The van der Waals surface area contributed by atoms with Gasteiger partial charge in [0, 0.05) is 23.9 Å². The zero-order chi connectivity index (χ0) is 18.3. The first kappa shape index (κ1) is 15.8. The van der Waals surface area contributed by atoms with Crippen molar-refractivity contribution in [1.29, 1.82) is 0 Å². The Balaban J connectivity index is 1.79. The van der Waals surface area contributed by atoms with Crippen molar-refractivity contribution in [3.8, 4) is 0 Å². The second-order valence-electron chi connectivity index (χ2n) is 5.87. The van der Waals surface area contributed by atoms with Gasteiger partial charge in [-0.3, -0.25) is 19.7 Å². The molecule has 4 rings (SSSR count). The van der Waals surface area contributed by atoms with Gasteiger partial charge >= 0.3 is 6.03 Å². The van der Waals surface area contributed by atoms with Crippen LogP contribution >= 0.6 is 0 Å². The highest BCUT2D eigenvalue weighted by atomic mass is 16.2. The van der Waals surface area contributed by atoms with Crippen LogP contribution in [0.15, 0.2) is 48.7 Å². The summed E-state index contributed by atoms with van der Waals surface area (Å²) in [6.07, 6.45) is 3.22. The fraction of sp³-hybridized carbons (Fsp3) is 0.111. The Morgan fingerprint density at radius 1 is 1.08 bits per heavy atom. The summed E-state index contributed by atoms with van der Waals surface area (Å²) in [6.45, 7) is 0.183. The summed E-state index contributed by atoms with van der Waals surface area (Å²) in [6, 6.07) is 7.97. The first-order chi connectivity index (χ1) is 12.6. The van der Waals surface area contributed by atoms with Crippen molar-refractivity contribution in [1.82, 2.24) is 20.5 Å². The van der Waals surface area contributed by atoms with Crippen molar-refractivity contribution in [2.24, 2.45) is 0 Å². The molecule has 1 atom stereocenters. The Labute approximate surface area is 147 Å². The van der Waals surface area contributed by atoms with Gasteiger partial charge in [0.05, 0.1) is 0 Å². The Bertz CT molecular complexity index is 961. The lowest BCUT2D eigenvalue weighted by atomic mass is 9.97. The van der Waals surface area contributed by atoms with E-state index in [1.54, 1.807) is 48.7 Å². The molecule has 0 radical (unpaired) electrons. The lowest BCUT2D eigenvalue weighted by Gasteiger charge is -2.22. The van der Waals surface area contributed by atoms with Gasteiger partial charge in [-0.05, 0) is 23.8 Å². The fourth-order valence-electron chi connectivity index (χ4n) is 3.19. The second kappa shape index (κ2) is 5.99. The molecule has 0 saturated carbocycles. The molecule has 26 heavy (non-hydrogen) atoms. The molecule has 1 saturated heterocycles. The molecule has 1 aromatic carbocycles. The minimum atomic E-state index is -1.14. The molecule has 2 aromatic rings. The molecule has 8 nitrogen and oxygen atoms in total. The van der Waals surface area contributed by atoms with Crippen molar-refractivity contribution in [3.05, 3.63) is 65.5 Å². The van der Waals surface area contributed by atoms with Gasteiger partial charge in [0.1, 0.15) is 11.7 Å². The molecule has 8 heteroatoms. The van der Waals surface area contributed by atoms with Crippen LogP contribution in [0, 0.1) is 0 Å². The molecule has 2 aliphatic rings. The topological polar surface area (TPSA) is 111 Å². The summed E-state index contributed by atoms with van der Waals surface area (Å²) in [5.74, 6) is -1.51. The Morgan fingerprint density at radius 2 is 1.85 bits per heavy atom. The van der Waals surface area contributed by atoms with Gasteiger partial charge in [0.15, 0.2) is 0 Å². The minimum absolute atomic E-state index is 0.183. The van der Waals surface area contributed by atoms with E-state index in [-0.39, 0.29) is 18.1 Å². The van der Waals surface area contributed by atoms with Crippen LogP contribution in [0.4, 0.5) is 4.79 Å². The van der Waals surface area contributed by atoms with Crippen LogP contribution in [-0.2, 0) is 4.79 Å². The first-order valence-corrected chi connectivity index (χ1v) is 7.97. The third-order valence-corrected chi connectivity index (χ3v) is 4.36. The van der Waals surface area contributed by atoms with Crippen molar-refractivity contribution in [2.75, 3.05) is 6.54 Å². The van der Waals surface area contributed by atoms with Crippen molar-refractivity contribution in [2.45, 2.75) is 6.04 Å². The second-order valence-corrected chi connectivity index (χ2v) is 5.87. The average molecular weight is 350 g/mol. The number of urea groups is 1. The predicted octanol–water partition coefficient (Wildman–Crippen LogP) is 0.902. The molecule has 3 heterocycles. The van der Waals surface area contributed by atoms with Gasteiger partial charge in [-0.2, -0.15) is 0 Å². The lowest BCUT2D eigenvalue weighted by molar-refractivity contribution is -0.119. The third-order valence-electron chi connectivity index (χ3n) is 4.36. The molecule has 5 amide bonds. The highest BCUT2D eigenvalue weighted by Gasteiger charge is 2.46. The molecule has 2 aliphatic heterocycles. The highest BCUT2D eigenvalue weighted by molar-refractivity contribution is 6.20. The molecule has 0 bridgehead atoms. The number of hydrogen-bond acceptors (Lipinski definition) is 4. The quantitative estimate of drug-likeness (QED) is 0.699. The van der Waals surface area contributed by atoms with E-state index < -0.39 is 23.9 Å². The molecular formula is C18H14N4O4. The zero-order valence-electron chi connectivity index (χ0n) is 13.5. The van der Waals surface area contributed by atoms with Gasteiger partial charge in [-0.15, -0.1) is 0 Å². The predicted molar refractivity (Wildman–Crippen MR) is 91.0 cm³/mol. The fourth-order valence-corrected chi connectivity index (χ4v) is 3.19. The van der Waals surface area contributed by atoms with Crippen LogP contribution < -0.4 is 10.6 Å². The van der Waals surface area contributed by atoms with E-state index in [9.17, 15) is 19.2 Å². The van der Waals surface area contributed by atoms with Crippen LogP contribution in [-0.4, -0.2) is 46.2 Å². The highest BCUT2D eigenvalue weighted by Crippen LogP contribution is 2.30. The SMILES string of the molecule is O=C1NCC=C(C2C(=O)NC(=O)N2C(=O)c2ccccc2)c2cc[nH]c21. The number of carbonyl (C=O) groups is 4. The average Bonchev–Trinajstić information content (AvgIpc) is 3.19. The summed E-state index contributed by atoms with van der Waals surface area (Å²) in [7, 11) is 0. The standard InChI is InChI=1S/C18H14N4O4/c23-15-13-11(6-8-19-13)12(7-9-20-15)14-16(24)21-18(26)22(14)17(25)10-4-2-1-3-5-10/h1-8,14,19H,9H2,(H,20,23)(H,21,24,26). The number of rotatable bonds is 2. The summed E-state index contributed by atoms with van der Waals surface area (Å²) >= 11 is 0. The van der Waals surface area contributed by atoms with E-state index >= 15 is 0 Å². The van der Waals surface area contributed by atoms with E-state index in [1.165, 1.54) is 0 Å². The number of hydrogen-bond donors (Lipinski definition) is 3. The number of amides is 5. The number of fused-ring (bicyclic) bond motifs is 1. The van der Waals surface area contributed by atoms with E-state index in [2.05, 4.69) is 15.6 Å². The van der Waals surface area contributed by atoms with Crippen molar-refractivity contribution in [3.63, 3.8) is 0 Å². The van der Waals surface area contributed by atoms with Crippen LogP contribution in [0.2, 0.25) is 0 Å². The molecule has 1 aromatic heterocycles. The molecule has 1 fully saturated rings. The van der Waals surface area contributed by atoms with Crippen LogP contribution in [0.1, 0.15) is 26.4 Å². The Kier molecular flexibility index (Phi) is 3.65. The van der Waals surface area contributed by atoms with Crippen LogP contribution in [0.3, 0.4) is 0 Å². The maximum atomic E-state index is 12.9. The molecule has 1 unspecified atom stereocenters. The molecule has 130 valence electrons. The monoisotopic (exact) mass is 350 g/mol. The molecule has 0 aliphatic carbocycles. The van der Waals surface area contributed by atoms with Gasteiger partial charge in [0.25, 0.3) is 17.7 Å². The van der Waals surface area contributed by atoms with E-state index in [1.807, 2.05) is 0 Å². The number of H-pyrrole nitrogens is 1. The van der Waals surface area contributed by atoms with Crippen molar-refractivity contribution < 1.29 is 19.2 Å². The summed E-state index contributed by atoms with van der Waals surface area (Å²) in [5, 5.41) is 4.87. The number of aromatic nitrogens is 1. The van der Waals surface area contributed by atoms with Gasteiger partial charge < -0.3 is 10.3 Å². The Hall–Kier alpha value is -3.68. The zero-order valence-corrected chi connectivity index (χ0v) is 13.5. The number of benzene rings is 1. The number of nitrogens with zero attached hydrogens (tertiary/aromatic N) is 1. The van der Waals surface area contributed by atoms with Gasteiger partial charge in [-0.25, -0.2) is 9.69 Å². The summed E-state index contributed by atoms with van der Waals surface area (Å²) in [4.78, 5) is 53.4. The van der Waals surface area contributed by atoms with E-state index in [0.717, 1.165) is 4.90 Å². The van der Waals surface area contributed by atoms with E-state index in [0.29, 0.717) is 16.7 Å². The number of nitrogens with one attached hydrogen (secondary N) is 3.